The molecule has 0 radical (unpaired) electrons. The molecule has 1 aliphatic carbocycles. The summed E-state index contributed by atoms with van der Waals surface area (Å²) in [5.74, 6) is 0.0807. The topological polar surface area (TPSA) is 44.8 Å². The fraction of sp³-hybridized carbons (Fsp3) is 0.900. The van der Waals surface area contributed by atoms with Crippen LogP contribution in [-0.4, -0.2) is 39.0 Å². The van der Waals surface area contributed by atoms with Gasteiger partial charge in [-0.2, -0.15) is 0 Å². The van der Waals surface area contributed by atoms with Crippen LogP contribution in [0.4, 0.5) is 0 Å². The number of carbonyl (C=O) groups is 1. The first-order valence-electron chi connectivity index (χ1n) is 4.91. The van der Waals surface area contributed by atoms with Gasteiger partial charge in [-0.25, -0.2) is 4.79 Å². The van der Waals surface area contributed by atoms with Crippen molar-refractivity contribution >= 4 is 5.97 Å². The van der Waals surface area contributed by atoms with Gasteiger partial charge in [0.05, 0.1) is 19.8 Å². The van der Waals surface area contributed by atoms with E-state index < -0.39 is 6.10 Å². The predicted octanol–water partition coefficient (Wildman–Crippen LogP) is 0.990. The van der Waals surface area contributed by atoms with E-state index in [0.717, 1.165) is 12.8 Å². The number of carbonyl (C=O) groups excluding carboxylic acids is 1. The zero-order valence-corrected chi connectivity index (χ0v) is 8.99. The van der Waals surface area contributed by atoms with Gasteiger partial charge in [0, 0.05) is 7.11 Å². The second-order valence-electron chi connectivity index (χ2n) is 3.68. The highest BCUT2D eigenvalue weighted by molar-refractivity contribution is 5.75. The Kier molecular flexibility index (Phi) is 4.35. The molecule has 1 aliphatic rings. The normalized spacial score (nSPS) is 20.2. The summed E-state index contributed by atoms with van der Waals surface area (Å²) in [7, 11) is 3.01. The van der Waals surface area contributed by atoms with E-state index in [4.69, 9.17) is 9.47 Å². The second-order valence-corrected chi connectivity index (χ2v) is 3.68. The van der Waals surface area contributed by atoms with Crippen molar-refractivity contribution in [2.45, 2.75) is 32.0 Å². The van der Waals surface area contributed by atoms with Crippen molar-refractivity contribution in [2.24, 2.45) is 5.92 Å². The summed E-state index contributed by atoms with van der Waals surface area (Å²) in [4.78, 5) is 11.3. The third-order valence-electron chi connectivity index (χ3n) is 2.26. The molecule has 1 saturated carbocycles. The highest BCUT2D eigenvalue weighted by Crippen LogP contribution is 2.35. The van der Waals surface area contributed by atoms with Crippen LogP contribution in [0, 0.1) is 5.92 Å². The van der Waals surface area contributed by atoms with Gasteiger partial charge in [0.2, 0.25) is 0 Å². The molecule has 4 nitrogen and oxygen atoms in total. The Balaban J connectivity index is 2.38. The molecule has 0 amide bonds. The lowest BCUT2D eigenvalue weighted by atomic mass is 10.2. The smallest absolute Gasteiger partial charge is 0.335 e. The number of hydrogen-bond donors (Lipinski definition) is 0. The number of esters is 1. The number of rotatable bonds is 6. The van der Waals surface area contributed by atoms with Crippen molar-refractivity contribution in [3.05, 3.63) is 0 Å². The molecule has 0 bridgehead atoms. The molecule has 0 N–H and O–H groups in total. The van der Waals surface area contributed by atoms with Gasteiger partial charge in [-0.05, 0) is 25.7 Å². The maximum absolute atomic E-state index is 11.3. The van der Waals surface area contributed by atoms with Crippen LogP contribution in [0.5, 0.6) is 0 Å². The Morgan fingerprint density at radius 3 is 2.50 bits per heavy atom. The SMILES string of the molecule is COCC(C)OC(C(=O)OC)C1CC1. The number of ether oxygens (including phenoxy) is 3. The van der Waals surface area contributed by atoms with E-state index in [2.05, 4.69) is 4.74 Å². The van der Waals surface area contributed by atoms with Crippen molar-refractivity contribution in [3.8, 4) is 0 Å². The summed E-state index contributed by atoms with van der Waals surface area (Å²) in [5.41, 5.74) is 0. The molecular formula is C10H18O4. The molecule has 0 spiro atoms. The second kappa shape index (κ2) is 5.32. The van der Waals surface area contributed by atoms with Gasteiger partial charge in [-0.15, -0.1) is 0 Å². The Morgan fingerprint density at radius 2 is 2.07 bits per heavy atom. The van der Waals surface area contributed by atoms with E-state index in [0.29, 0.717) is 12.5 Å². The van der Waals surface area contributed by atoms with Gasteiger partial charge in [0.25, 0.3) is 0 Å². The van der Waals surface area contributed by atoms with Crippen LogP contribution in [0.3, 0.4) is 0 Å². The maximum atomic E-state index is 11.3. The van der Waals surface area contributed by atoms with Crippen LogP contribution < -0.4 is 0 Å². The molecular weight excluding hydrogens is 184 g/mol. The molecule has 0 saturated heterocycles. The number of methoxy groups -OCH3 is 2. The molecule has 4 heteroatoms. The molecule has 0 aromatic heterocycles. The number of hydrogen-bond acceptors (Lipinski definition) is 4. The molecule has 14 heavy (non-hydrogen) atoms. The monoisotopic (exact) mass is 202 g/mol. The lowest BCUT2D eigenvalue weighted by Crippen LogP contribution is -2.32. The average Bonchev–Trinajstić information content (AvgIpc) is 2.97. The highest BCUT2D eigenvalue weighted by Gasteiger charge is 2.38. The van der Waals surface area contributed by atoms with E-state index in [-0.39, 0.29) is 12.1 Å². The van der Waals surface area contributed by atoms with E-state index in [1.54, 1.807) is 7.11 Å². The first-order valence-corrected chi connectivity index (χ1v) is 4.91. The molecule has 0 aromatic carbocycles. The maximum Gasteiger partial charge on any atom is 0.335 e. The fourth-order valence-corrected chi connectivity index (χ4v) is 1.40. The highest BCUT2D eigenvalue weighted by atomic mass is 16.6. The third kappa shape index (κ3) is 3.27. The van der Waals surface area contributed by atoms with Crippen molar-refractivity contribution in [2.75, 3.05) is 20.8 Å². The summed E-state index contributed by atoms with van der Waals surface area (Å²) in [6.45, 7) is 2.39. The van der Waals surface area contributed by atoms with Crippen LogP contribution >= 0.6 is 0 Å². The van der Waals surface area contributed by atoms with Crippen LogP contribution in [0.2, 0.25) is 0 Å². The van der Waals surface area contributed by atoms with Gasteiger partial charge in [-0.1, -0.05) is 0 Å². The average molecular weight is 202 g/mol. The molecule has 0 aromatic rings. The van der Waals surface area contributed by atoms with E-state index in [9.17, 15) is 4.79 Å². The van der Waals surface area contributed by atoms with E-state index >= 15 is 0 Å². The van der Waals surface area contributed by atoms with E-state index in [1.807, 2.05) is 6.92 Å². The standard InChI is InChI=1S/C10H18O4/c1-7(6-12-2)14-9(8-4-5-8)10(11)13-3/h7-9H,4-6H2,1-3H3. The predicted molar refractivity (Wildman–Crippen MR) is 51.0 cm³/mol. The zero-order chi connectivity index (χ0) is 10.6. The summed E-state index contributed by atoms with van der Waals surface area (Å²) >= 11 is 0. The van der Waals surface area contributed by atoms with Crippen LogP contribution in [0.25, 0.3) is 0 Å². The molecule has 82 valence electrons. The molecule has 2 atom stereocenters. The molecule has 1 rings (SSSR count). The summed E-state index contributed by atoms with van der Waals surface area (Å²) in [6, 6.07) is 0. The van der Waals surface area contributed by atoms with Crippen LogP contribution in [0.15, 0.2) is 0 Å². The van der Waals surface area contributed by atoms with E-state index in [1.165, 1.54) is 7.11 Å². The third-order valence-corrected chi connectivity index (χ3v) is 2.26. The molecule has 1 fully saturated rings. The van der Waals surface area contributed by atoms with Gasteiger partial charge >= 0.3 is 5.97 Å². The Bertz CT molecular complexity index is 189. The van der Waals surface area contributed by atoms with Crippen molar-refractivity contribution in [1.29, 1.82) is 0 Å². The summed E-state index contributed by atoms with van der Waals surface area (Å²) in [5, 5.41) is 0. The molecule has 0 aliphatic heterocycles. The Labute approximate surface area is 84.5 Å². The molecule has 0 heterocycles. The quantitative estimate of drug-likeness (QED) is 0.602. The van der Waals surface area contributed by atoms with Gasteiger partial charge in [0.1, 0.15) is 0 Å². The largest absolute Gasteiger partial charge is 0.467 e. The lowest BCUT2D eigenvalue weighted by Gasteiger charge is -2.19. The first kappa shape index (κ1) is 11.5. The summed E-state index contributed by atoms with van der Waals surface area (Å²) < 4.78 is 15.2. The summed E-state index contributed by atoms with van der Waals surface area (Å²) in [6.07, 6.45) is 1.65. The Hall–Kier alpha value is -0.610. The van der Waals surface area contributed by atoms with Gasteiger partial charge in [-0.3, -0.25) is 0 Å². The van der Waals surface area contributed by atoms with Crippen molar-refractivity contribution in [1.82, 2.24) is 0 Å². The van der Waals surface area contributed by atoms with Gasteiger partial charge in [0.15, 0.2) is 6.10 Å². The minimum Gasteiger partial charge on any atom is -0.467 e. The minimum atomic E-state index is -0.398. The van der Waals surface area contributed by atoms with Crippen molar-refractivity contribution in [3.63, 3.8) is 0 Å². The first-order chi connectivity index (χ1) is 6.69. The van der Waals surface area contributed by atoms with Crippen LogP contribution in [-0.2, 0) is 19.0 Å². The lowest BCUT2D eigenvalue weighted by molar-refractivity contribution is -0.161. The van der Waals surface area contributed by atoms with Crippen LogP contribution in [0.1, 0.15) is 19.8 Å². The Morgan fingerprint density at radius 1 is 1.43 bits per heavy atom. The van der Waals surface area contributed by atoms with Crippen molar-refractivity contribution < 1.29 is 19.0 Å². The minimum absolute atomic E-state index is 0.0651. The zero-order valence-electron chi connectivity index (χ0n) is 8.99. The molecule has 2 unspecified atom stereocenters. The fourth-order valence-electron chi connectivity index (χ4n) is 1.40. The van der Waals surface area contributed by atoms with Gasteiger partial charge < -0.3 is 14.2 Å².